The minimum absolute atomic E-state index is 0. The average molecular weight is 785 g/mol. The van der Waals surface area contributed by atoms with Gasteiger partial charge in [0.15, 0.2) is 0 Å². The lowest BCUT2D eigenvalue weighted by molar-refractivity contribution is -0.142. The third-order valence-electron chi connectivity index (χ3n) is 11.3. The van der Waals surface area contributed by atoms with Crippen molar-refractivity contribution in [2.75, 3.05) is 13.7 Å². The highest BCUT2D eigenvalue weighted by Gasteiger charge is 2.62. The number of sulfonamides is 1. The normalized spacial score (nSPS) is 29.7. The number of amides is 4. The van der Waals surface area contributed by atoms with Gasteiger partial charge in [0.25, 0.3) is 5.91 Å². The maximum Gasteiger partial charge on any atom is 0.408 e. The number of hydrogen-bond acceptors (Lipinski definition) is 11. The van der Waals surface area contributed by atoms with Crippen molar-refractivity contribution in [1.82, 2.24) is 30.2 Å². The van der Waals surface area contributed by atoms with Crippen molar-refractivity contribution in [2.24, 2.45) is 17.3 Å². The maximum absolute atomic E-state index is 14.6. The van der Waals surface area contributed by atoms with Crippen LogP contribution in [0.15, 0.2) is 30.9 Å². The molecule has 1 saturated heterocycles. The van der Waals surface area contributed by atoms with E-state index in [9.17, 15) is 27.6 Å². The molecular weight excluding hydrogens is 733 g/mol. The Labute approximate surface area is 320 Å². The number of aryl methyl sites for hydroxylation is 1. The second-order valence-corrected chi connectivity index (χ2v) is 18.4. The van der Waals surface area contributed by atoms with Crippen molar-refractivity contribution < 1.29 is 47.3 Å². The molecule has 2 aliphatic heterocycles. The summed E-state index contributed by atoms with van der Waals surface area (Å²) >= 11 is 0. The molecule has 5 N–H and O–H groups in total. The van der Waals surface area contributed by atoms with Crippen molar-refractivity contribution in [2.45, 2.75) is 120 Å². The van der Waals surface area contributed by atoms with E-state index < -0.39 is 74.1 Å². The number of methoxy groups -OCH3 is 1. The fourth-order valence-electron chi connectivity index (χ4n) is 7.64. The van der Waals surface area contributed by atoms with Gasteiger partial charge in [-0.1, -0.05) is 39.7 Å². The largest absolute Gasteiger partial charge is 0.497 e. The predicted octanol–water partition coefficient (Wildman–Crippen LogP) is 2.48. The maximum atomic E-state index is 14.6. The number of carbonyl (C=O) groups excluding carboxylic acids is 4. The first-order valence-electron chi connectivity index (χ1n) is 18.9. The summed E-state index contributed by atoms with van der Waals surface area (Å²) in [4.78, 5) is 66.8. The van der Waals surface area contributed by atoms with Crippen LogP contribution in [0.5, 0.6) is 11.6 Å². The highest BCUT2D eigenvalue weighted by Crippen LogP contribution is 2.46. The first kappa shape index (κ1) is 40.2. The smallest absolute Gasteiger partial charge is 0.408 e. The second kappa shape index (κ2) is 15.2. The molecule has 3 heterocycles. The summed E-state index contributed by atoms with van der Waals surface area (Å²) in [6, 6.07) is 3.20. The van der Waals surface area contributed by atoms with Gasteiger partial charge in [0, 0.05) is 18.4 Å². The van der Waals surface area contributed by atoms with E-state index >= 15 is 0 Å². The molecule has 300 valence electrons. The van der Waals surface area contributed by atoms with Gasteiger partial charge in [0.1, 0.15) is 41.3 Å². The van der Waals surface area contributed by atoms with Crippen LogP contribution >= 0.6 is 0 Å². The first-order valence-corrected chi connectivity index (χ1v) is 20.5. The molecule has 17 heteroatoms. The minimum Gasteiger partial charge on any atom is -0.497 e. The number of aromatic nitrogens is 2. The van der Waals surface area contributed by atoms with E-state index in [1.165, 1.54) is 11.0 Å². The van der Waals surface area contributed by atoms with Crippen molar-refractivity contribution in [3.8, 4) is 11.6 Å². The fraction of sp³-hybridized carbons (Fsp3) is 0.632. The van der Waals surface area contributed by atoms with Crippen LogP contribution in [0.1, 0.15) is 84.3 Å². The molecule has 2 aromatic rings. The van der Waals surface area contributed by atoms with Crippen LogP contribution in [0.2, 0.25) is 0 Å². The number of carbonyl (C=O) groups is 4. The third kappa shape index (κ3) is 8.52. The Bertz CT molecular complexity index is 1970. The summed E-state index contributed by atoms with van der Waals surface area (Å²) in [5, 5.41) is 4.96. The molecule has 0 radical (unpaired) electrons. The van der Waals surface area contributed by atoms with Crippen LogP contribution in [-0.4, -0.2) is 101 Å². The van der Waals surface area contributed by atoms with Gasteiger partial charge in [-0.05, 0) is 68.4 Å². The number of hydrogen-bond donors (Lipinski definition) is 3. The number of fused-ring (bicyclic) bond motifs is 5. The van der Waals surface area contributed by atoms with E-state index in [4.69, 9.17) is 24.2 Å². The molecule has 3 aliphatic carbocycles. The molecular formula is C38H52N6O10S. The van der Waals surface area contributed by atoms with Gasteiger partial charge in [-0.3, -0.25) is 19.1 Å². The Morgan fingerprint density at radius 2 is 1.84 bits per heavy atom. The Morgan fingerprint density at radius 3 is 2.51 bits per heavy atom. The third-order valence-corrected chi connectivity index (χ3v) is 13.1. The highest BCUT2D eigenvalue weighted by atomic mass is 32.2. The molecule has 5 aliphatic rings. The molecule has 7 rings (SSSR count). The number of ether oxygens (including phenoxy) is 3. The number of rotatable bonds is 7. The molecule has 1 aromatic carbocycles. The standard InChI is InChI=1S/C38H50N6O9S.H2O/c1-6-22-19-38(22,35(47)43-54(49,50)25-13-14-25)42-32(45)29-18-24-20-44(29)34(46)31(37(2,3)4)41-36(48)53-30-16-21(30)10-8-7-9-11-27-33(52-24)40-28-17-23(51-5)12-15-26(28)39-27;/h6,12,15,17,21-22,24-25,29-31H,1,7-11,13-14,16,18-20H2,2-5H3,(H,41,48)(H,42,45)(H,43,47);1H2/t21?,22-,24-,29+,30?,31-,38-;/m1./s1. The van der Waals surface area contributed by atoms with Crippen LogP contribution in [0.3, 0.4) is 0 Å². The zero-order valence-corrected chi connectivity index (χ0v) is 32.6. The Morgan fingerprint density at radius 1 is 1.07 bits per heavy atom. The molecule has 2 bridgehead atoms. The molecule has 16 nitrogen and oxygen atoms in total. The summed E-state index contributed by atoms with van der Waals surface area (Å²) in [7, 11) is -2.33. The number of nitrogens with zero attached hydrogens (tertiary/aromatic N) is 3. The van der Waals surface area contributed by atoms with E-state index in [0.29, 0.717) is 47.6 Å². The summed E-state index contributed by atoms with van der Waals surface area (Å²) in [5.41, 5.74) is -0.451. The van der Waals surface area contributed by atoms with Crippen molar-refractivity contribution in [1.29, 1.82) is 0 Å². The molecule has 0 spiro atoms. The lowest BCUT2D eigenvalue weighted by Gasteiger charge is -2.35. The van der Waals surface area contributed by atoms with Gasteiger partial charge < -0.3 is 35.2 Å². The SMILES string of the molecule is C=C[C@@H]1C[C@]1(NC(=O)[C@@H]1C[C@@H]2CN1C(=O)[C@H](C(C)(C)C)NC(=O)OC1CC1CCCCCc1nc3ccc(OC)cc3nc1O2)C(=O)NS(=O)(=O)C1CC1.O. The van der Waals surface area contributed by atoms with Gasteiger partial charge in [-0.15, -0.1) is 6.58 Å². The quantitative estimate of drug-likeness (QED) is 0.346. The molecule has 3 saturated carbocycles. The van der Waals surface area contributed by atoms with E-state index in [1.54, 1.807) is 13.2 Å². The molecule has 2 unspecified atom stereocenters. The summed E-state index contributed by atoms with van der Waals surface area (Å²) < 4.78 is 45.3. The molecule has 1 aromatic heterocycles. The van der Waals surface area contributed by atoms with Gasteiger partial charge in [0.2, 0.25) is 27.7 Å². The first-order chi connectivity index (χ1) is 25.6. The second-order valence-electron chi connectivity index (χ2n) is 16.5. The van der Waals surface area contributed by atoms with Crippen LogP contribution in [0.25, 0.3) is 11.0 Å². The van der Waals surface area contributed by atoms with Crippen molar-refractivity contribution >= 4 is 44.9 Å². The molecule has 7 atom stereocenters. The Kier molecular flexibility index (Phi) is 11.1. The van der Waals surface area contributed by atoms with E-state index in [1.807, 2.05) is 32.9 Å². The van der Waals surface area contributed by atoms with E-state index in [-0.39, 0.29) is 36.9 Å². The van der Waals surface area contributed by atoms with Gasteiger partial charge in [-0.25, -0.2) is 23.2 Å². The molecule has 55 heavy (non-hydrogen) atoms. The van der Waals surface area contributed by atoms with Crippen LogP contribution < -0.4 is 24.8 Å². The van der Waals surface area contributed by atoms with Gasteiger partial charge >= 0.3 is 6.09 Å². The van der Waals surface area contributed by atoms with Crippen LogP contribution in [0.4, 0.5) is 4.79 Å². The number of alkyl carbamates (subject to hydrolysis) is 1. The molecule has 4 fully saturated rings. The summed E-state index contributed by atoms with van der Waals surface area (Å²) in [5.74, 6) is -1.39. The zero-order chi connectivity index (χ0) is 38.6. The average Bonchev–Trinajstić information content (AvgIpc) is 4.04. The van der Waals surface area contributed by atoms with Crippen molar-refractivity contribution in [3.63, 3.8) is 0 Å². The van der Waals surface area contributed by atoms with Gasteiger partial charge in [-0.2, -0.15) is 0 Å². The van der Waals surface area contributed by atoms with E-state index in [2.05, 4.69) is 21.9 Å². The van der Waals surface area contributed by atoms with E-state index in [0.717, 1.165) is 32.1 Å². The highest BCUT2D eigenvalue weighted by molar-refractivity contribution is 7.91. The van der Waals surface area contributed by atoms with Gasteiger partial charge in [0.05, 0.1) is 29.9 Å². The predicted molar refractivity (Wildman–Crippen MR) is 200 cm³/mol. The lowest BCUT2D eigenvalue weighted by Crippen LogP contribution is -2.60. The fourth-order valence-corrected chi connectivity index (χ4v) is 9.00. The lowest BCUT2D eigenvalue weighted by atomic mass is 9.85. The Balaban J connectivity index is 0.00000514. The van der Waals surface area contributed by atoms with Crippen molar-refractivity contribution in [3.05, 3.63) is 36.5 Å². The summed E-state index contributed by atoms with van der Waals surface area (Å²) in [6.07, 6.45) is 5.93. The Hall–Kier alpha value is -4.51. The minimum atomic E-state index is -3.90. The number of nitrogens with one attached hydrogen (secondary N) is 3. The summed E-state index contributed by atoms with van der Waals surface area (Å²) in [6.45, 7) is 9.18. The van der Waals surface area contributed by atoms with Crippen LogP contribution in [0, 0.1) is 17.3 Å². The monoisotopic (exact) mass is 784 g/mol. The number of benzene rings is 1. The topological polar surface area (TPSA) is 227 Å². The molecule has 4 amide bonds. The van der Waals surface area contributed by atoms with Crippen LogP contribution in [-0.2, 0) is 35.6 Å². The zero-order valence-electron chi connectivity index (χ0n) is 31.8.